The molecule has 1 atom stereocenters. The molecule has 5 nitrogen and oxygen atoms in total. The molecular weight excluding hydrogens is 344 g/mol. The number of rotatable bonds is 2. The lowest BCUT2D eigenvalue weighted by atomic mass is 10.1. The largest absolute Gasteiger partial charge is 0.381 e. The monoisotopic (exact) mass is 360 g/mol. The van der Waals surface area contributed by atoms with E-state index in [0.717, 1.165) is 38.1 Å². The SMILES string of the molecule is CN(C)CC1CNc2c(sc3ccc4nc(Cl)ccc4c23)C(=O)N1. The number of nitrogens with zero attached hydrogens (tertiary/aromatic N) is 2. The summed E-state index contributed by atoms with van der Waals surface area (Å²) in [6.07, 6.45) is 0. The first kappa shape index (κ1) is 15.6. The van der Waals surface area contributed by atoms with Gasteiger partial charge in [0, 0.05) is 28.6 Å². The van der Waals surface area contributed by atoms with Gasteiger partial charge in [-0.1, -0.05) is 11.6 Å². The molecule has 3 aromatic rings. The van der Waals surface area contributed by atoms with Gasteiger partial charge in [0.05, 0.1) is 17.2 Å². The average Bonchev–Trinajstić information content (AvgIpc) is 2.83. The second-order valence-electron chi connectivity index (χ2n) is 6.26. The van der Waals surface area contributed by atoms with Crippen LogP contribution in [-0.4, -0.2) is 49.0 Å². The average molecular weight is 361 g/mol. The van der Waals surface area contributed by atoms with E-state index in [0.29, 0.717) is 11.7 Å². The van der Waals surface area contributed by atoms with Crippen LogP contribution >= 0.6 is 22.9 Å². The number of carbonyl (C=O) groups excluding carboxylic acids is 1. The Labute approximate surface area is 148 Å². The predicted molar refractivity (Wildman–Crippen MR) is 100 cm³/mol. The molecule has 1 unspecified atom stereocenters. The van der Waals surface area contributed by atoms with E-state index in [1.54, 1.807) is 6.07 Å². The summed E-state index contributed by atoms with van der Waals surface area (Å²) in [5.74, 6) is -0.0156. The molecule has 124 valence electrons. The van der Waals surface area contributed by atoms with Crippen molar-refractivity contribution in [2.24, 2.45) is 0 Å². The van der Waals surface area contributed by atoms with Gasteiger partial charge in [0.2, 0.25) is 0 Å². The van der Waals surface area contributed by atoms with E-state index < -0.39 is 0 Å². The first-order valence-electron chi connectivity index (χ1n) is 7.74. The maximum Gasteiger partial charge on any atom is 0.263 e. The number of pyridine rings is 1. The van der Waals surface area contributed by atoms with Crippen molar-refractivity contribution in [3.8, 4) is 0 Å². The number of carbonyl (C=O) groups is 1. The zero-order chi connectivity index (χ0) is 16.8. The fourth-order valence-corrected chi connectivity index (χ4v) is 4.44. The predicted octanol–water partition coefficient (Wildman–Crippen LogP) is 3.19. The van der Waals surface area contributed by atoms with E-state index in [2.05, 4.69) is 20.5 Å². The summed E-state index contributed by atoms with van der Waals surface area (Å²) in [5.41, 5.74) is 1.75. The smallest absolute Gasteiger partial charge is 0.263 e. The molecule has 3 heterocycles. The summed E-state index contributed by atoms with van der Waals surface area (Å²) in [6.45, 7) is 1.49. The van der Waals surface area contributed by atoms with Crippen LogP contribution < -0.4 is 10.6 Å². The van der Waals surface area contributed by atoms with Gasteiger partial charge in [0.15, 0.2) is 0 Å². The number of fused-ring (bicyclic) bond motifs is 5. The standard InChI is InChI=1S/C17H17ClN4OS/c1-22(2)8-9-7-19-15-14-10-3-6-13(18)21-11(10)4-5-12(14)24-16(15)17(23)20-9/h3-6,9,19H,7-8H2,1-2H3,(H,20,23). The van der Waals surface area contributed by atoms with Crippen molar-refractivity contribution in [2.75, 3.05) is 32.5 Å². The molecule has 1 aliphatic heterocycles. The summed E-state index contributed by atoms with van der Waals surface area (Å²) < 4.78 is 1.07. The Balaban J connectivity index is 1.86. The molecular formula is C17H17ClN4OS. The summed E-state index contributed by atoms with van der Waals surface area (Å²) in [7, 11) is 4.01. The van der Waals surface area contributed by atoms with E-state index >= 15 is 0 Å². The van der Waals surface area contributed by atoms with Gasteiger partial charge in [-0.3, -0.25) is 4.79 Å². The van der Waals surface area contributed by atoms with Gasteiger partial charge in [-0.05, 0) is 38.4 Å². The number of amides is 1. The van der Waals surface area contributed by atoms with E-state index in [4.69, 9.17) is 11.6 Å². The number of halogens is 1. The lowest BCUT2D eigenvalue weighted by Gasteiger charge is -2.20. The molecule has 1 aromatic carbocycles. The van der Waals surface area contributed by atoms with Gasteiger partial charge in [-0.15, -0.1) is 11.3 Å². The van der Waals surface area contributed by atoms with E-state index in [1.165, 1.54) is 11.3 Å². The fourth-order valence-electron chi connectivity index (χ4n) is 3.18. The lowest BCUT2D eigenvalue weighted by molar-refractivity contribution is 0.0940. The second kappa shape index (κ2) is 5.88. The number of anilines is 1. The second-order valence-corrected chi connectivity index (χ2v) is 7.70. The zero-order valence-electron chi connectivity index (χ0n) is 13.4. The number of benzene rings is 1. The molecule has 7 heteroatoms. The quantitative estimate of drug-likeness (QED) is 0.689. The Kier molecular flexibility index (Phi) is 3.83. The van der Waals surface area contributed by atoms with Gasteiger partial charge < -0.3 is 15.5 Å². The van der Waals surface area contributed by atoms with Gasteiger partial charge in [0.25, 0.3) is 5.91 Å². The molecule has 0 fully saturated rings. The molecule has 2 N–H and O–H groups in total. The summed E-state index contributed by atoms with van der Waals surface area (Å²) in [6, 6.07) is 7.80. The molecule has 1 amide bonds. The number of nitrogens with one attached hydrogen (secondary N) is 2. The number of hydrogen-bond acceptors (Lipinski definition) is 5. The van der Waals surface area contributed by atoms with Crippen LogP contribution in [0.3, 0.4) is 0 Å². The number of aromatic nitrogens is 1. The summed E-state index contributed by atoms with van der Waals surface area (Å²) >= 11 is 7.52. The van der Waals surface area contributed by atoms with Crippen molar-refractivity contribution < 1.29 is 4.79 Å². The maximum atomic E-state index is 12.7. The third-order valence-corrected chi connectivity index (χ3v) is 5.50. The Bertz CT molecular complexity index is 953. The van der Waals surface area contributed by atoms with Crippen LogP contribution in [0.25, 0.3) is 21.0 Å². The van der Waals surface area contributed by atoms with Crippen molar-refractivity contribution >= 4 is 55.5 Å². The Morgan fingerprint density at radius 1 is 1.33 bits per heavy atom. The molecule has 0 aliphatic carbocycles. The van der Waals surface area contributed by atoms with Crippen LogP contribution in [0, 0.1) is 0 Å². The van der Waals surface area contributed by atoms with Crippen LogP contribution in [0.1, 0.15) is 9.67 Å². The van der Waals surface area contributed by atoms with Crippen molar-refractivity contribution in [1.29, 1.82) is 0 Å². The lowest BCUT2D eigenvalue weighted by Crippen LogP contribution is -2.43. The van der Waals surface area contributed by atoms with Gasteiger partial charge >= 0.3 is 0 Å². The molecule has 0 bridgehead atoms. The van der Waals surface area contributed by atoms with Crippen molar-refractivity contribution in [3.63, 3.8) is 0 Å². The first-order chi connectivity index (χ1) is 11.5. The van der Waals surface area contributed by atoms with Crippen LogP contribution in [0.5, 0.6) is 0 Å². The highest BCUT2D eigenvalue weighted by molar-refractivity contribution is 7.21. The Morgan fingerprint density at radius 2 is 2.17 bits per heavy atom. The molecule has 0 radical (unpaired) electrons. The number of thiophene rings is 1. The van der Waals surface area contributed by atoms with Gasteiger partial charge in [0.1, 0.15) is 10.0 Å². The van der Waals surface area contributed by atoms with Crippen LogP contribution in [-0.2, 0) is 0 Å². The normalized spacial score (nSPS) is 17.7. The highest BCUT2D eigenvalue weighted by Gasteiger charge is 2.26. The van der Waals surface area contributed by atoms with Crippen molar-refractivity contribution in [1.82, 2.24) is 15.2 Å². The number of hydrogen-bond donors (Lipinski definition) is 2. The third-order valence-electron chi connectivity index (χ3n) is 4.14. The number of likely N-dealkylation sites (N-methyl/N-ethyl adjacent to an activating group) is 1. The molecule has 4 rings (SSSR count). The fraction of sp³-hybridized carbons (Fsp3) is 0.294. The highest BCUT2D eigenvalue weighted by atomic mass is 35.5. The molecule has 2 aromatic heterocycles. The van der Waals surface area contributed by atoms with Gasteiger partial charge in [-0.25, -0.2) is 4.98 Å². The van der Waals surface area contributed by atoms with Gasteiger partial charge in [-0.2, -0.15) is 0 Å². The van der Waals surface area contributed by atoms with Crippen molar-refractivity contribution in [2.45, 2.75) is 6.04 Å². The molecule has 1 aliphatic rings. The van der Waals surface area contributed by atoms with E-state index in [-0.39, 0.29) is 11.9 Å². The van der Waals surface area contributed by atoms with E-state index in [9.17, 15) is 4.79 Å². The minimum atomic E-state index is -0.0156. The zero-order valence-corrected chi connectivity index (χ0v) is 15.0. The maximum absolute atomic E-state index is 12.7. The molecule has 0 spiro atoms. The molecule has 0 saturated carbocycles. The first-order valence-corrected chi connectivity index (χ1v) is 8.93. The molecule has 0 saturated heterocycles. The van der Waals surface area contributed by atoms with Crippen molar-refractivity contribution in [3.05, 3.63) is 34.3 Å². The third kappa shape index (κ3) is 2.60. The van der Waals surface area contributed by atoms with Crippen LogP contribution in [0.15, 0.2) is 24.3 Å². The minimum Gasteiger partial charge on any atom is -0.381 e. The Morgan fingerprint density at radius 3 is 2.96 bits per heavy atom. The molecule has 24 heavy (non-hydrogen) atoms. The highest BCUT2D eigenvalue weighted by Crippen LogP contribution is 2.40. The van der Waals surface area contributed by atoms with Crippen LogP contribution in [0.4, 0.5) is 5.69 Å². The Hall–Kier alpha value is -1.89. The van der Waals surface area contributed by atoms with Crippen LogP contribution in [0.2, 0.25) is 5.15 Å². The minimum absolute atomic E-state index is 0.0156. The summed E-state index contributed by atoms with van der Waals surface area (Å²) in [5, 5.41) is 9.14. The van der Waals surface area contributed by atoms with E-state index in [1.807, 2.05) is 32.3 Å². The summed E-state index contributed by atoms with van der Waals surface area (Å²) in [4.78, 5) is 19.9. The topological polar surface area (TPSA) is 57.3 Å².